The van der Waals surface area contributed by atoms with Crippen LogP contribution in [0, 0.1) is 0 Å². The summed E-state index contributed by atoms with van der Waals surface area (Å²) in [5.41, 5.74) is 0. The van der Waals surface area contributed by atoms with E-state index in [1.54, 1.807) is 0 Å². The normalized spacial score (nSPS) is 25.9. The number of hydrogen-bond acceptors (Lipinski definition) is 5. The van der Waals surface area contributed by atoms with Gasteiger partial charge in [0.1, 0.15) is 0 Å². The van der Waals surface area contributed by atoms with Crippen molar-refractivity contribution < 1.29 is 30.0 Å². The molecule has 0 aliphatic carbocycles. The lowest BCUT2D eigenvalue weighted by Gasteiger charge is -2.17. The van der Waals surface area contributed by atoms with E-state index in [-0.39, 0.29) is 12.5 Å². The van der Waals surface area contributed by atoms with E-state index >= 15 is 0 Å². The van der Waals surface area contributed by atoms with Gasteiger partial charge in [0, 0.05) is 12.8 Å². The second-order valence-corrected chi connectivity index (χ2v) is 6.95. The molecule has 0 aromatic rings. The summed E-state index contributed by atoms with van der Waals surface area (Å²) in [6.45, 7) is 2.12. The third-order valence-corrected chi connectivity index (χ3v) is 4.56. The van der Waals surface area contributed by atoms with Crippen LogP contribution in [0.25, 0.3) is 0 Å². The zero-order valence-corrected chi connectivity index (χ0v) is 15.7. The Morgan fingerprint density at radius 2 is 1.96 bits per heavy atom. The fourth-order valence-electron chi connectivity index (χ4n) is 3.01. The molecule has 0 saturated carbocycles. The van der Waals surface area contributed by atoms with Crippen molar-refractivity contribution in [2.45, 2.75) is 95.2 Å². The number of aliphatic hydroxyl groups excluding tert-OH is 3. The van der Waals surface area contributed by atoms with Crippen molar-refractivity contribution in [3.05, 3.63) is 24.3 Å². The Balaban J connectivity index is 2.27. The molecule has 0 spiro atoms. The van der Waals surface area contributed by atoms with Gasteiger partial charge in [-0.1, -0.05) is 50.5 Å². The molecule has 1 saturated heterocycles. The predicted molar refractivity (Wildman–Crippen MR) is 99.8 cm³/mol. The van der Waals surface area contributed by atoms with Gasteiger partial charge >= 0.3 is 5.97 Å². The number of rotatable bonds is 13. The molecule has 1 aliphatic heterocycles. The lowest BCUT2D eigenvalue weighted by Crippen LogP contribution is -2.25. The topological polar surface area (TPSA) is 107 Å². The molecule has 5 atom stereocenters. The van der Waals surface area contributed by atoms with Gasteiger partial charge < -0.3 is 25.2 Å². The van der Waals surface area contributed by atoms with Crippen LogP contribution in [0.15, 0.2) is 24.3 Å². The highest BCUT2D eigenvalue weighted by Gasteiger charge is 2.36. The van der Waals surface area contributed by atoms with Crippen LogP contribution in [-0.4, -0.2) is 56.9 Å². The highest BCUT2D eigenvalue weighted by atomic mass is 16.5. The maximum atomic E-state index is 10.4. The van der Waals surface area contributed by atoms with Gasteiger partial charge in [-0.3, -0.25) is 4.79 Å². The standard InChI is InChI=1S/C20H34O6/c1-2-3-6-10-18-17(23)14-19(26-18)16(22)13-12-15(21)9-7-4-5-8-11-20(24)25/h4,7,12-13,15-19,21-23H,2-3,5-6,8-11,14H2,1H3,(H,24,25)/b7-4-,13-12-/t15-,16-,17-,18-,19-/m0/s1. The number of unbranched alkanes of at least 4 members (excludes halogenated alkanes) is 3. The van der Waals surface area contributed by atoms with Crippen LogP contribution in [0.2, 0.25) is 0 Å². The Morgan fingerprint density at radius 3 is 2.65 bits per heavy atom. The number of aliphatic hydroxyl groups is 3. The van der Waals surface area contributed by atoms with Gasteiger partial charge in [0.05, 0.1) is 30.5 Å². The number of ether oxygens (including phenoxy) is 1. The molecule has 0 amide bonds. The second-order valence-electron chi connectivity index (χ2n) is 6.95. The molecule has 0 aromatic carbocycles. The number of carbonyl (C=O) groups is 1. The average molecular weight is 370 g/mol. The van der Waals surface area contributed by atoms with Crippen LogP contribution >= 0.6 is 0 Å². The smallest absolute Gasteiger partial charge is 0.303 e. The third-order valence-electron chi connectivity index (χ3n) is 4.56. The molecule has 1 heterocycles. The Kier molecular flexibility index (Phi) is 11.4. The molecule has 26 heavy (non-hydrogen) atoms. The van der Waals surface area contributed by atoms with Crippen LogP contribution in [0.5, 0.6) is 0 Å². The molecule has 6 heteroatoms. The minimum Gasteiger partial charge on any atom is -0.481 e. The van der Waals surface area contributed by atoms with Crippen LogP contribution in [0.3, 0.4) is 0 Å². The van der Waals surface area contributed by atoms with Gasteiger partial charge in [-0.15, -0.1) is 0 Å². The summed E-state index contributed by atoms with van der Waals surface area (Å²) in [7, 11) is 0. The highest BCUT2D eigenvalue weighted by Crippen LogP contribution is 2.27. The first-order valence-corrected chi connectivity index (χ1v) is 9.68. The predicted octanol–water partition coefficient (Wildman–Crippen LogP) is 2.56. The van der Waals surface area contributed by atoms with Crippen LogP contribution in [-0.2, 0) is 9.53 Å². The van der Waals surface area contributed by atoms with Crippen molar-refractivity contribution in [2.75, 3.05) is 0 Å². The monoisotopic (exact) mass is 370 g/mol. The molecule has 1 fully saturated rings. The molecule has 6 nitrogen and oxygen atoms in total. The molecular weight excluding hydrogens is 336 g/mol. The Labute approximate surface area is 156 Å². The summed E-state index contributed by atoms with van der Waals surface area (Å²) >= 11 is 0. The van der Waals surface area contributed by atoms with Gasteiger partial charge in [-0.05, 0) is 25.7 Å². The lowest BCUT2D eigenvalue weighted by molar-refractivity contribution is -0.137. The van der Waals surface area contributed by atoms with E-state index in [9.17, 15) is 20.1 Å². The third kappa shape index (κ3) is 9.48. The maximum absolute atomic E-state index is 10.4. The molecule has 0 radical (unpaired) electrons. The Hall–Kier alpha value is -1.21. The molecular formula is C20H34O6. The molecule has 1 aliphatic rings. The summed E-state index contributed by atoms with van der Waals surface area (Å²) in [5.74, 6) is -0.804. The number of allylic oxidation sites excluding steroid dienone is 1. The van der Waals surface area contributed by atoms with Crippen LogP contribution in [0.1, 0.15) is 64.7 Å². The van der Waals surface area contributed by atoms with Crippen molar-refractivity contribution in [2.24, 2.45) is 0 Å². The second kappa shape index (κ2) is 13.0. The Bertz CT molecular complexity index is 448. The first kappa shape index (κ1) is 22.8. The van der Waals surface area contributed by atoms with Gasteiger partial charge in [-0.2, -0.15) is 0 Å². The van der Waals surface area contributed by atoms with Crippen LogP contribution in [0.4, 0.5) is 0 Å². The summed E-state index contributed by atoms with van der Waals surface area (Å²) in [6.07, 6.45) is 10.2. The molecule has 1 rings (SSSR count). The van der Waals surface area contributed by atoms with Crippen molar-refractivity contribution in [1.82, 2.24) is 0 Å². The maximum Gasteiger partial charge on any atom is 0.303 e. The SMILES string of the molecule is CCCCC[C@@H]1O[C@H]([C@@H](O)/C=C\[C@@H](O)C/C=C\CCCC(=O)O)C[C@@H]1O. The summed E-state index contributed by atoms with van der Waals surface area (Å²) in [6, 6.07) is 0. The van der Waals surface area contributed by atoms with Gasteiger partial charge in [0.25, 0.3) is 0 Å². The zero-order valence-electron chi connectivity index (χ0n) is 15.7. The summed E-state index contributed by atoms with van der Waals surface area (Å²) < 4.78 is 5.76. The van der Waals surface area contributed by atoms with Gasteiger partial charge in [0.2, 0.25) is 0 Å². The quantitative estimate of drug-likeness (QED) is 0.293. The van der Waals surface area contributed by atoms with E-state index in [1.165, 1.54) is 12.2 Å². The number of aliphatic carboxylic acids is 1. The van der Waals surface area contributed by atoms with E-state index in [0.717, 1.165) is 25.7 Å². The van der Waals surface area contributed by atoms with Gasteiger partial charge in [-0.25, -0.2) is 0 Å². The summed E-state index contributed by atoms with van der Waals surface area (Å²) in [5, 5.41) is 38.7. The van der Waals surface area contributed by atoms with E-state index in [0.29, 0.717) is 25.7 Å². The van der Waals surface area contributed by atoms with E-state index in [2.05, 4.69) is 6.92 Å². The number of hydrogen-bond donors (Lipinski definition) is 4. The largest absolute Gasteiger partial charge is 0.481 e. The first-order chi connectivity index (χ1) is 12.4. The summed E-state index contributed by atoms with van der Waals surface area (Å²) in [4.78, 5) is 10.4. The van der Waals surface area contributed by atoms with Crippen molar-refractivity contribution in [1.29, 1.82) is 0 Å². The molecule has 0 aromatic heterocycles. The van der Waals surface area contributed by atoms with E-state index < -0.39 is 30.4 Å². The van der Waals surface area contributed by atoms with E-state index in [1.807, 2.05) is 12.2 Å². The average Bonchev–Trinajstić information content (AvgIpc) is 2.97. The van der Waals surface area contributed by atoms with E-state index in [4.69, 9.17) is 9.84 Å². The minimum absolute atomic E-state index is 0.145. The molecule has 150 valence electrons. The van der Waals surface area contributed by atoms with Crippen molar-refractivity contribution in [3.63, 3.8) is 0 Å². The molecule has 0 unspecified atom stereocenters. The van der Waals surface area contributed by atoms with Gasteiger partial charge in [0.15, 0.2) is 0 Å². The molecule has 0 bridgehead atoms. The van der Waals surface area contributed by atoms with Crippen molar-refractivity contribution >= 4 is 5.97 Å². The highest BCUT2D eigenvalue weighted by molar-refractivity contribution is 5.66. The fraction of sp³-hybridized carbons (Fsp3) is 0.750. The zero-order chi connectivity index (χ0) is 19.4. The number of carboxylic acids is 1. The minimum atomic E-state index is -0.852. The first-order valence-electron chi connectivity index (χ1n) is 9.68. The lowest BCUT2D eigenvalue weighted by atomic mass is 10.0. The fourth-order valence-corrected chi connectivity index (χ4v) is 3.01. The van der Waals surface area contributed by atoms with Crippen LogP contribution < -0.4 is 0 Å². The molecule has 4 N–H and O–H groups in total. The van der Waals surface area contributed by atoms with Crippen molar-refractivity contribution in [3.8, 4) is 0 Å². The number of carboxylic acid groups (broad SMARTS) is 1. The Morgan fingerprint density at radius 1 is 1.19 bits per heavy atom.